The minimum Gasteiger partial charge on any atom is -0.496 e. The lowest BCUT2D eigenvalue weighted by Crippen LogP contribution is -2.15. The average Bonchev–Trinajstić information content (AvgIpc) is 3.24. The highest BCUT2D eigenvalue weighted by atomic mass is 35.5. The van der Waals surface area contributed by atoms with Gasteiger partial charge < -0.3 is 14.8 Å². The Kier molecular flexibility index (Phi) is 8.12. The molecule has 0 aliphatic carbocycles. The molecule has 34 heavy (non-hydrogen) atoms. The topological polar surface area (TPSA) is 99.5 Å². The molecule has 0 aliphatic rings. The summed E-state index contributed by atoms with van der Waals surface area (Å²) in [6.07, 6.45) is 2.65. The van der Waals surface area contributed by atoms with E-state index in [1.807, 2.05) is 12.1 Å². The lowest BCUT2D eigenvalue weighted by Gasteiger charge is -2.16. The van der Waals surface area contributed by atoms with Gasteiger partial charge in [0.1, 0.15) is 11.5 Å². The normalized spacial score (nSPS) is 11.5. The molecule has 0 aliphatic heterocycles. The first-order chi connectivity index (χ1) is 16.0. The first-order valence-corrected chi connectivity index (χ1v) is 13.0. The van der Waals surface area contributed by atoms with Gasteiger partial charge in [0.15, 0.2) is 20.6 Å². The molecule has 1 N–H and O–H groups in total. The summed E-state index contributed by atoms with van der Waals surface area (Å²) < 4.78 is 35.7. The van der Waals surface area contributed by atoms with Crippen LogP contribution >= 0.6 is 23.2 Å². The number of hydrogen-bond donors (Lipinski definition) is 1. The predicted molar refractivity (Wildman–Crippen MR) is 132 cm³/mol. The van der Waals surface area contributed by atoms with Gasteiger partial charge in [-0.2, -0.15) is 5.10 Å². The van der Waals surface area contributed by atoms with Gasteiger partial charge in [-0.25, -0.2) is 8.42 Å². The lowest BCUT2D eigenvalue weighted by atomic mass is 10.0. The number of halogens is 2. The fourth-order valence-electron chi connectivity index (χ4n) is 3.18. The van der Waals surface area contributed by atoms with Gasteiger partial charge in [-0.05, 0) is 42.3 Å². The minimum absolute atomic E-state index is 0.0422. The van der Waals surface area contributed by atoms with E-state index in [9.17, 15) is 13.2 Å². The van der Waals surface area contributed by atoms with Gasteiger partial charge in [0.25, 0.3) is 0 Å². The number of sulfone groups is 1. The third-order valence-electron chi connectivity index (χ3n) is 4.89. The van der Waals surface area contributed by atoms with Gasteiger partial charge in [0, 0.05) is 36.7 Å². The Morgan fingerprint density at radius 3 is 2.38 bits per heavy atom. The van der Waals surface area contributed by atoms with Gasteiger partial charge in [-0.3, -0.25) is 9.48 Å². The second-order valence-electron chi connectivity index (χ2n) is 7.92. The van der Waals surface area contributed by atoms with Crippen LogP contribution in [-0.2, 0) is 21.2 Å². The van der Waals surface area contributed by atoms with Crippen molar-refractivity contribution in [2.24, 2.45) is 0 Å². The van der Waals surface area contributed by atoms with E-state index in [1.165, 1.54) is 16.9 Å². The van der Waals surface area contributed by atoms with Crippen LogP contribution in [0.2, 0.25) is 10.0 Å². The summed E-state index contributed by atoms with van der Waals surface area (Å²) in [5.74, 6) is 1.50. The minimum atomic E-state index is -3.40. The van der Waals surface area contributed by atoms with E-state index in [0.717, 1.165) is 17.6 Å². The molecule has 1 amide bonds. The molecule has 3 rings (SSSR count). The van der Waals surface area contributed by atoms with Crippen molar-refractivity contribution in [1.29, 1.82) is 0 Å². The van der Waals surface area contributed by atoms with E-state index in [1.54, 1.807) is 25.3 Å². The molecule has 0 unspecified atom stereocenters. The molecule has 0 saturated carbocycles. The number of ether oxygens (including phenoxy) is 2. The van der Waals surface area contributed by atoms with Crippen molar-refractivity contribution < 1.29 is 22.7 Å². The summed E-state index contributed by atoms with van der Waals surface area (Å²) in [7, 11) is -1.78. The molecule has 11 heteroatoms. The summed E-state index contributed by atoms with van der Waals surface area (Å²) >= 11 is 12.8. The van der Waals surface area contributed by atoms with Crippen molar-refractivity contribution in [3.63, 3.8) is 0 Å². The van der Waals surface area contributed by atoms with E-state index in [2.05, 4.69) is 24.3 Å². The molecular weight excluding hydrogens is 501 g/mol. The first-order valence-electron chi connectivity index (χ1n) is 10.4. The van der Waals surface area contributed by atoms with Crippen LogP contribution in [0.25, 0.3) is 0 Å². The van der Waals surface area contributed by atoms with Crippen LogP contribution in [0.4, 0.5) is 5.69 Å². The Bertz CT molecular complexity index is 1280. The third kappa shape index (κ3) is 6.43. The zero-order valence-electron chi connectivity index (χ0n) is 19.1. The maximum absolute atomic E-state index is 12.3. The number of nitrogens with zero attached hydrogens (tertiary/aromatic N) is 2. The second kappa shape index (κ2) is 10.7. The Hall–Kier alpha value is -2.75. The van der Waals surface area contributed by atoms with Gasteiger partial charge >= 0.3 is 0 Å². The number of rotatable bonds is 9. The van der Waals surface area contributed by atoms with Gasteiger partial charge in [0.2, 0.25) is 5.91 Å². The van der Waals surface area contributed by atoms with Crippen molar-refractivity contribution in [3.8, 4) is 17.2 Å². The molecule has 0 saturated heterocycles. The van der Waals surface area contributed by atoms with Crippen molar-refractivity contribution in [1.82, 2.24) is 9.78 Å². The number of carbonyl (C=O) groups excluding carboxylic acids is 1. The Morgan fingerprint density at radius 1 is 1.15 bits per heavy atom. The summed E-state index contributed by atoms with van der Waals surface area (Å²) in [5, 5.41) is 7.09. The highest BCUT2D eigenvalue weighted by Crippen LogP contribution is 2.40. The van der Waals surface area contributed by atoms with Gasteiger partial charge in [0.05, 0.1) is 17.2 Å². The summed E-state index contributed by atoms with van der Waals surface area (Å²) in [4.78, 5) is 12.3. The fraction of sp³-hybridized carbons (Fsp3) is 0.304. The van der Waals surface area contributed by atoms with E-state index in [4.69, 9.17) is 32.7 Å². The molecule has 0 fully saturated rings. The highest BCUT2D eigenvalue weighted by molar-refractivity contribution is 7.90. The number of aromatic nitrogens is 2. The van der Waals surface area contributed by atoms with E-state index < -0.39 is 9.84 Å². The zero-order valence-corrected chi connectivity index (χ0v) is 21.5. The van der Waals surface area contributed by atoms with Crippen LogP contribution in [0, 0.1) is 0 Å². The molecule has 3 aromatic rings. The number of methoxy groups -OCH3 is 1. The lowest BCUT2D eigenvalue weighted by molar-refractivity contribution is -0.116. The van der Waals surface area contributed by atoms with Crippen LogP contribution in [0.3, 0.4) is 0 Å². The Balaban J connectivity index is 1.67. The molecule has 0 bridgehead atoms. The van der Waals surface area contributed by atoms with Crippen LogP contribution in [-0.4, -0.2) is 37.5 Å². The maximum atomic E-state index is 12.3. The fourth-order valence-corrected chi connectivity index (χ4v) is 4.30. The van der Waals surface area contributed by atoms with E-state index in [-0.39, 0.29) is 45.6 Å². The van der Waals surface area contributed by atoms with Crippen LogP contribution < -0.4 is 14.8 Å². The molecule has 1 heterocycles. The third-order valence-corrected chi connectivity index (χ3v) is 6.43. The SMILES string of the molecule is COc1ccc(Oc2c(Cl)cc(NC(=O)CCn3ccc(S(C)(=O)=O)n3)cc2Cl)cc1C(C)C. The number of benzene rings is 2. The standard InChI is InChI=1S/C23H25Cl2N3O5S/c1-14(2)17-13-16(5-6-20(17)32-3)33-23-18(24)11-15(12-19(23)25)26-21(29)7-9-28-10-8-22(27-28)34(4,30)31/h5-6,8,10-14H,7,9H2,1-4H3,(H,26,29). The molecule has 0 radical (unpaired) electrons. The summed E-state index contributed by atoms with van der Waals surface area (Å²) in [6.45, 7) is 4.31. The molecule has 182 valence electrons. The molecule has 8 nitrogen and oxygen atoms in total. The van der Waals surface area contributed by atoms with Gasteiger partial charge in [-0.1, -0.05) is 37.0 Å². The van der Waals surface area contributed by atoms with Crippen molar-refractivity contribution in [3.05, 3.63) is 58.2 Å². The Labute approximate surface area is 208 Å². The van der Waals surface area contributed by atoms with Crippen molar-refractivity contribution >= 4 is 44.6 Å². The molecule has 0 spiro atoms. The van der Waals surface area contributed by atoms with Crippen LogP contribution in [0.15, 0.2) is 47.6 Å². The number of aryl methyl sites for hydroxylation is 1. The highest BCUT2D eigenvalue weighted by Gasteiger charge is 2.16. The molecule has 1 aromatic heterocycles. The second-order valence-corrected chi connectivity index (χ2v) is 10.7. The number of hydrogen-bond acceptors (Lipinski definition) is 6. The van der Waals surface area contributed by atoms with Crippen molar-refractivity contribution in [2.45, 2.75) is 37.8 Å². The van der Waals surface area contributed by atoms with E-state index >= 15 is 0 Å². The number of amides is 1. The molecular formula is C23H25Cl2N3O5S. The van der Waals surface area contributed by atoms with Crippen LogP contribution in [0.1, 0.15) is 31.7 Å². The number of anilines is 1. The Morgan fingerprint density at radius 2 is 1.82 bits per heavy atom. The molecule has 0 atom stereocenters. The molecule has 2 aromatic carbocycles. The predicted octanol–water partition coefficient (Wildman–Crippen LogP) is 5.55. The first kappa shape index (κ1) is 25.9. The number of nitrogens with one attached hydrogen (secondary N) is 1. The maximum Gasteiger partial charge on any atom is 0.226 e. The quantitative estimate of drug-likeness (QED) is 0.393. The largest absolute Gasteiger partial charge is 0.496 e. The van der Waals surface area contributed by atoms with Crippen LogP contribution in [0.5, 0.6) is 17.2 Å². The van der Waals surface area contributed by atoms with Crippen molar-refractivity contribution in [2.75, 3.05) is 18.7 Å². The zero-order chi connectivity index (χ0) is 25.0. The monoisotopic (exact) mass is 525 g/mol. The summed E-state index contributed by atoms with van der Waals surface area (Å²) in [6, 6.07) is 9.93. The number of carbonyl (C=O) groups is 1. The van der Waals surface area contributed by atoms with E-state index in [0.29, 0.717) is 11.4 Å². The summed E-state index contributed by atoms with van der Waals surface area (Å²) in [5.41, 5.74) is 1.39. The van der Waals surface area contributed by atoms with Gasteiger partial charge in [-0.15, -0.1) is 0 Å². The smallest absolute Gasteiger partial charge is 0.226 e. The average molecular weight is 526 g/mol.